The number of anilines is 2. The van der Waals surface area contributed by atoms with Crippen molar-refractivity contribution in [1.82, 2.24) is 10.6 Å². The number of carbonyl (C=O) groups excluding carboxylic acids is 3. The molecule has 1 unspecified atom stereocenters. The number of amides is 3. The van der Waals surface area contributed by atoms with Gasteiger partial charge in [-0.2, -0.15) is 0 Å². The maximum absolute atomic E-state index is 14.4. The number of halogens is 2. The smallest absolute Gasteiger partial charge is 0.321 e. The van der Waals surface area contributed by atoms with Crippen molar-refractivity contribution in [2.45, 2.75) is 58.0 Å². The van der Waals surface area contributed by atoms with Crippen molar-refractivity contribution >= 4 is 29.1 Å². The molecular formula is C44H46F2N4O3. The molecule has 0 aliphatic rings. The highest BCUT2D eigenvalue weighted by Crippen LogP contribution is 2.26. The van der Waals surface area contributed by atoms with Crippen molar-refractivity contribution in [3.8, 4) is 11.1 Å². The van der Waals surface area contributed by atoms with Crippen LogP contribution in [0.15, 0.2) is 121 Å². The van der Waals surface area contributed by atoms with Crippen molar-refractivity contribution in [1.29, 1.82) is 0 Å². The molecule has 0 fully saturated rings. The van der Waals surface area contributed by atoms with E-state index in [0.717, 1.165) is 53.4 Å². The average molecular weight is 717 g/mol. The Kier molecular flexibility index (Phi) is 13.9. The number of rotatable bonds is 17. The first-order valence-electron chi connectivity index (χ1n) is 18.1. The largest absolute Gasteiger partial charge is 0.373 e. The lowest BCUT2D eigenvalue weighted by Gasteiger charge is -2.22. The first kappa shape index (κ1) is 38.4. The number of hydrogen-bond donors (Lipinski definition) is 3. The zero-order valence-electron chi connectivity index (χ0n) is 30.2. The first-order valence-corrected chi connectivity index (χ1v) is 18.1. The summed E-state index contributed by atoms with van der Waals surface area (Å²) in [6.07, 6.45) is 5.84. The van der Waals surface area contributed by atoms with Gasteiger partial charge in [-0.1, -0.05) is 111 Å². The number of nitrogens with zero attached hydrogens (tertiary/aromatic N) is 1. The van der Waals surface area contributed by atoms with Crippen molar-refractivity contribution in [2.24, 2.45) is 0 Å². The molecule has 274 valence electrons. The van der Waals surface area contributed by atoms with Crippen LogP contribution in [0.3, 0.4) is 0 Å². The molecule has 3 amide bonds. The number of benzene rings is 5. The maximum atomic E-state index is 14.4. The van der Waals surface area contributed by atoms with Crippen LogP contribution in [0.4, 0.5) is 25.0 Å². The van der Waals surface area contributed by atoms with Crippen LogP contribution in [0.5, 0.6) is 0 Å². The second-order valence-electron chi connectivity index (χ2n) is 13.0. The Morgan fingerprint density at radius 3 is 2.23 bits per heavy atom. The number of unbranched alkanes of at least 4 members (excludes halogenated alkanes) is 4. The van der Waals surface area contributed by atoms with E-state index in [0.29, 0.717) is 23.4 Å². The van der Waals surface area contributed by atoms with Crippen LogP contribution in [0.2, 0.25) is 0 Å². The molecule has 5 rings (SSSR count). The van der Waals surface area contributed by atoms with Crippen LogP contribution in [0.1, 0.15) is 66.1 Å². The van der Waals surface area contributed by atoms with Crippen LogP contribution < -0.4 is 20.9 Å². The Hall–Kier alpha value is -5.83. The van der Waals surface area contributed by atoms with E-state index >= 15 is 0 Å². The number of hydrogen-bond acceptors (Lipinski definition) is 4. The van der Waals surface area contributed by atoms with Gasteiger partial charge in [0.05, 0.1) is 0 Å². The third-order valence-electron chi connectivity index (χ3n) is 9.14. The number of para-hydroxylation sites is 1. The van der Waals surface area contributed by atoms with Crippen LogP contribution >= 0.6 is 0 Å². The summed E-state index contributed by atoms with van der Waals surface area (Å²) < 4.78 is 28.3. The number of urea groups is 1. The number of nitrogens with one attached hydrogen (secondary N) is 3. The Bertz CT molecular complexity index is 1990. The molecule has 9 heteroatoms. The lowest BCUT2D eigenvalue weighted by Crippen LogP contribution is -2.41. The minimum Gasteiger partial charge on any atom is -0.373 e. The molecule has 7 nitrogen and oxygen atoms in total. The fraction of sp³-hybridized carbons (Fsp3) is 0.250. The van der Waals surface area contributed by atoms with E-state index in [9.17, 15) is 23.2 Å². The van der Waals surface area contributed by atoms with E-state index in [1.54, 1.807) is 60.5 Å². The van der Waals surface area contributed by atoms with E-state index in [4.69, 9.17) is 0 Å². The Morgan fingerprint density at radius 2 is 1.45 bits per heavy atom. The fourth-order valence-corrected chi connectivity index (χ4v) is 6.06. The van der Waals surface area contributed by atoms with Gasteiger partial charge in [0.25, 0.3) is 0 Å². The summed E-state index contributed by atoms with van der Waals surface area (Å²) in [5.41, 5.74) is 4.83. The number of ketones is 1. The molecule has 5 aromatic rings. The second-order valence-corrected chi connectivity index (χ2v) is 13.0. The van der Waals surface area contributed by atoms with E-state index in [2.05, 4.69) is 22.9 Å². The van der Waals surface area contributed by atoms with Gasteiger partial charge in [0.15, 0.2) is 5.78 Å². The van der Waals surface area contributed by atoms with Crippen LogP contribution in [-0.2, 0) is 17.8 Å². The highest BCUT2D eigenvalue weighted by Gasteiger charge is 2.23. The van der Waals surface area contributed by atoms with Crippen molar-refractivity contribution in [3.63, 3.8) is 0 Å². The molecule has 0 aliphatic heterocycles. The van der Waals surface area contributed by atoms with Gasteiger partial charge in [-0.25, -0.2) is 13.6 Å². The maximum Gasteiger partial charge on any atom is 0.321 e. The summed E-state index contributed by atoms with van der Waals surface area (Å²) in [6.45, 7) is 2.60. The molecule has 0 spiro atoms. The average Bonchev–Trinajstić information content (AvgIpc) is 3.19. The normalized spacial score (nSPS) is 11.4. The van der Waals surface area contributed by atoms with Gasteiger partial charge in [-0.3, -0.25) is 14.5 Å². The quantitative estimate of drug-likeness (QED) is 0.0661. The summed E-state index contributed by atoms with van der Waals surface area (Å²) in [5.74, 6) is -1.88. The topological polar surface area (TPSA) is 90.5 Å². The van der Waals surface area contributed by atoms with Gasteiger partial charge < -0.3 is 16.0 Å². The zero-order valence-corrected chi connectivity index (χ0v) is 30.2. The highest BCUT2D eigenvalue weighted by atomic mass is 19.1. The van der Waals surface area contributed by atoms with Crippen LogP contribution in [-0.4, -0.2) is 37.4 Å². The molecule has 5 aromatic carbocycles. The van der Waals surface area contributed by atoms with Gasteiger partial charge >= 0.3 is 6.03 Å². The third kappa shape index (κ3) is 10.8. The first-order chi connectivity index (χ1) is 25.7. The van der Waals surface area contributed by atoms with Crippen LogP contribution in [0, 0.1) is 11.6 Å². The molecule has 0 aliphatic carbocycles. The molecular weight excluding hydrogens is 671 g/mol. The molecule has 53 heavy (non-hydrogen) atoms. The Labute approximate surface area is 310 Å². The zero-order chi connectivity index (χ0) is 37.6. The minimum atomic E-state index is -0.871. The lowest BCUT2D eigenvalue weighted by molar-refractivity contribution is -0.122. The van der Waals surface area contributed by atoms with Gasteiger partial charge in [0.2, 0.25) is 5.91 Å². The molecule has 0 saturated heterocycles. The predicted octanol–water partition coefficient (Wildman–Crippen LogP) is 9.32. The van der Waals surface area contributed by atoms with Gasteiger partial charge in [0.1, 0.15) is 17.7 Å². The van der Waals surface area contributed by atoms with E-state index < -0.39 is 23.6 Å². The molecule has 0 saturated carbocycles. The summed E-state index contributed by atoms with van der Waals surface area (Å²) in [4.78, 5) is 41.6. The van der Waals surface area contributed by atoms with Crippen molar-refractivity contribution in [3.05, 3.63) is 155 Å². The highest BCUT2D eigenvalue weighted by molar-refractivity contribution is 6.12. The van der Waals surface area contributed by atoms with Gasteiger partial charge in [0, 0.05) is 54.6 Å². The molecule has 0 aromatic heterocycles. The molecule has 3 N–H and O–H groups in total. The SMILES string of the molecule is CCCCCCCNC(=O)N(C)c1cccc(-c2ccc(CC(Nc3ccccc3C(=O)c3ccccc3)C(=O)NCc3cc(F)ccc3F)cc2)c1. The lowest BCUT2D eigenvalue weighted by atomic mass is 9.98. The second kappa shape index (κ2) is 19.1. The van der Waals surface area contributed by atoms with Crippen molar-refractivity contribution < 1.29 is 23.2 Å². The van der Waals surface area contributed by atoms with Crippen molar-refractivity contribution in [2.75, 3.05) is 23.8 Å². The fourth-order valence-electron chi connectivity index (χ4n) is 6.06. The Morgan fingerprint density at radius 1 is 0.717 bits per heavy atom. The minimum absolute atomic E-state index is 0.0221. The Balaban J connectivity index is 1.32. The number of carbonyl (C=O) groups is 3. The summed E-state index contributed by atoms with van der Waals surface area (Å²) in [5, 5.41) is 9.02. The monoisotopic (exact) mass is 716 g/mol. The molecule has 0 radical (unpaired) electrons. The summed E-state index contributed by atoms with van der Waals surface area (Å²) >= 11 is 0. The summed E-state index contributed by atoms with van der Waals surface area (Å²) in [7, 11) is 1.75. The molecule has 0 heterocycles. The van der Waals surface area contributed by atoms with Gasteiger partial charge in [-0.15, -0.1) is 0 Å². The van der Waals surface area contributed by atoms with Crippen LogP contribution in [0.25, 0.3) is 11.1 Å². The van der Waals surface area contributed by atoms with Gasteiger partial charge in [-0.05, 0) is 65.6 Å². The third-order valence-corrected chi connectivity index (χ3v) is 9.14. The summed E-state index contributed by atoms with van der Waals surface area (Å²) in [6, 6.07) is 33.4. The molecule has 1 atom stereocenters. The molecule has 0 bridgehead atoms. The van der Waals surface area contributed by atoms with E-state index in [1.807, 2.05) is 54.6 Å². The predicted molar refractivity (Wildman–Crippen MR) is 208 cm³/mol. The van der Waals surface area contributed by atoms with E-state index in [-0.39, 0.29) is 30.3 Å². The van der Waals surface area contributed by atoms with E-state index in [1.165, 1.54) is 19.3 Å². The standard InChI is InChI=1S/C44H46F2N4O3/c1-3-4-5-6-12-26-47-44(53)50(2)37-17-13-16-34(29-37)32-22-20-31(21-23-32)27-41(43(52)48-30-35-28-36(45)24-25-39(35)46)49-40-19-11-10-18-38(40)42(51)33-14-8-7-9-15-33/h7-11,13-25,28-29,41,49H,3-6,12,26-27,30H2,1-2H3,(H,47,53)(H,48,52).